The van der Waals surface area contributed by atoms with E-state index in [0.29, 0.717) is 17.4 Å². The summed E-state index contributed by atoms with van der Waals surface area (Å²) in [6.07, 6.45) is 5.97. The number of hydrogen-bond acceptors (Lipinski definition) is 3. The summed E-state index contributed by atoms with van der Waals surface area (Å²) in [4.78, 5) is 31.3. The van der Waals surface area contributed by atoms with Gasteiger partial charge in [0.15, 0.2) is 5.11 Å². The number of likely N-dealkylation sites (N-methyl/N-ethyl adjacent to an activating group) is 1. The number of hydrogen-bond donors (Lipinski definition) is 0. The Labute approximate surface area is 192 Å². The number of amides is 2. The van der Waals surface area contributed by atoms with Crippen molar-refractivity contribution in [3.05, 3.63) is 72.1 Å². The van der Waals surface area contributed by atoms with E-state index in [2.05, 4.69) is 0 Å². The highest BCUT2D eigenvalue weighted by molar-refractivity contribution is 7.80. The average molecular weight is 445 g/mol. The highest BCUT2D eigenvalue weighted by Gasteiger charge is 2.36. The number of benzene rings is 2. The van der Waals surface area contributed by atoms with Gasteiger partial charge in [-0.3, -0.25) is 14.5 Å². The fraction of sp³-hybridized carbons (Fsp3) is 0.240. The van der Waals surface area contributed by atoms with Gasteiger partial charge in [-0.05, 0) is 49.3 Å². The van der Waals surface area contributed by atoms with E-state index >= 15 is 0 Å². The fourth-order valence-electron chi connectivity index (χ4n) is 4.44. The highest BCUT2D eigenvalue weighted by atomic mass is 32.1. The molecule has 0 unspecified atom stereocenters. The summed E-state index contributed by atoms with van der Waals surface area (Å²) in [5.74, 6) is -0.0263. The standard InChI is InChI=1S/C25H24N4O2S/c1-26-22(24(31)29(25(26)32)19-9-3-2-4-10-19)15-18-16-28(21-12-6-5-11-20(18)21)17-23(30)27-13-7-8-14-27/h2-6,9-12,15-16H,7-8,13-14,17H2,1H3/b22-15+. The number of likely N-dealkylation sites (tertiary alicyclic amines) is 1. The van der Waals surface area contributed by atoms with Crippen molar-refractivity contribution in [3.63, 3.8) is 0 Å². The lowest BCUT2D eigenvalue weighted by Gasteiger charge is -2.16. The third-order valence-corrected chi connectivity index (χ3v) is 6.61. The number of anilines is 1. The van der Waals surface area contributed by atoms with E-state index in [1.165, 1.54) is 0 Å². The molecule has 0 aliphatic carbocycles. The van der Waals surface area contributed by atoms with E-state index in [0.717, 1.165) is 48.1 Å². The van der Waals surface area contributed by atoms with Crippen LogP contribution in [0.2, 0.25) is 0 Å². The first-order chi connectivity index (χ1) is 15.5. The van der Waals surface area contributed by atoms with Crippen LogP contribution in [0.1, 0.15) is 18.4 Å². The van der Waals surface area contributed by atoms with Gasteiger partial charge >= 0.3 is 0 Å². The van der Waals surface area contributed by atoms with Crippen molar-refractivity contribution >= 4 is 51.8 Å². The van der Waals surface area contributed by atoms with Gasteiger partial charge in [-0.25, -0.2) is 0 Å². The lowest BCUT2D eigenvalue weighted by molar-refractivity contribution is -0.130. The Hall–Kier alpha value is -3.45. The number of rotatable bonds is 4. The molecule has 32 heavy (non-hydrogen) atoms. The Bertz CT molecular complexity index is 1240. The molecule has 2 aliphatic heterocycles. The van der Waals surface area contributed by atoms with Gasteiger partial charge in [0.2, 0.25) is 5.91 Å². The van der Waals surface area contributed by atoms with Crippen LogP contribution < -0.4 is 4.90 Å². The predicted molar refractivity (Wildman–Crippen MR) is 130 cm³/mol. The zero-order chi connectivity index (χ0) is 22.2. The van der Waals surface area contributed by atoms with Gasteiger partial charge in [0, 0.05) is 42.8 Å². The topological polar surface area (TPSA) is 48.8 Å². The molecule has 5 rings (SSSR count). The monoisotopic (exact) mass is 444 g/mol. The lowest BCUT2D eigenvalue weighted by Crippen LogP contribution is -2.30. The molecule has 0 spiro atoms. The third-order valence-electron chi connectivity index (χ3n) is 6.15. The number of fused-ring (bicyclic) bond motifs is 1. The van der Waals surface area contributed by atoms with Crippen molar-refractivity contribution in [3.8, 4) is 0 Å². The predicted octanol–water partition coefficient (Wildman–Crippen LogP) is 3.87. The Kier molecular flexibility index (Phi) is 5.27. The summed E-state index contributed by atoms with van der Waals surface area (Å²) in [6.45, 7) is 1.96. The van der Waals surface area contributed by atoms with Gasteiger partial charge in [-0.1, -0.05) is 36.4 Å². The molecular formula is C25H24N4O2S. The van der Waals surface area contributed by atoms with Crippen LogP contribution in [0.25, 0.3) is 17.0 Å². The first-order valence-corrected chi connectivity index (χ1v) is 11.2. The molecule has 162 valence electrons. The van der Waals surface area contributed by atoms with E-state index in [-0.39, 0.29) is 11.8 Å². The number of aromatic nitrogens is 1. The Morgan fingerprint density at radius 3 is 2.47 bits per heavy atom. The summed E-state index contributed by atoms with van der Waals surface area (Å²) in [5.41, 5.74) is 3.12. The van der Waals surface area contributed by atoms with Crippen LogP contribution in [0.5, 0.6) is 0 Å². The van der Waals surface area contributed by atoms with Crippen molar-refractivity contribution in [2.24, 2.45) is 0 Å². The van der Waals surface area contributed by atoms with Gasteiger partial charge in [-0.15, -0.1) is 0 Å². The zero-order valence-corrected chi connectivity index (χ0v) is 18.7. The Morgan fingerprint density at radius 1 is 1.03 bits per heavy atom. The molecule has 3 aromatic rings. The van der Waals surface area contributed by atoms with Crippen LogP contribution in [0.15, 0.2) is 66.5 Å². The number of nitrogens with zero attached hydrogens (tertiary/aromatic N) is 4. The molecule has 3 heterocycles. The van der Waals surface area contributed by atoms with E-state index in [1.54, 1.807) is 9.80 Å². The Morgan fingerprint density at radius 2 is 1.72 bits per heavy atom. The lowest BCUT2D eigenvalue weighted by atomic mass is 10.1. The van der Waals surface area contributed by atoms with Crippen molar-refractivity contribution in [1.29, 1.82) is 0 Å². The first-order valence-electron chi connectivity index (χ1n) is 10.8. The van der Waals surface area contributed by atoms with Crippen LogP contribution >= 0.6 is 12.2 Å². The maximum atomic E-state index is 13.3. The maximum absolute atomic E-state index is 13.3. The second kappa shape index (κ2) is 8.24. The van der Waals surface area contributed by atoms with E-state index < -0.39 is 0 Å². The molecule has 2 aromatic carbocycles. The molecule has 0 saturated carbocycles. The van der Waals surface area contributed by atoms with Gasteiger partial charge < -0.3 is 14.4 Å². The van der Waals surface area contributed by atoms with Crippen molar-refractivity contribution < 1.29 is 9.59 Å². The van der Waals surface area contributed by atoms with Crippen molar-refractivity contribution in [1.82, 2.24) is 14.4 Å². The second-order valence-electron chi connectivity index (χ2n) is 8.16. The summed E-state index contributed by atoms with van der Waals surface area (Å²) in [6, 6.07) is 17.4. The minimum atomic E-state index is -0.159. The molecule has 2 aliphatic rings. The first kappa shape index (κ1) is 20.5. The molecule has 0 bridgehead atoms. The molecule has 0 radical (unpaired) electrons. The van der Waals surface area contributed by atoms with Gasteiger partial charge in [0.1, 0.15) is 12.2 Å². The van der Waals surface area contributed by atoms with Gasteiger partial charge in [-0.2, -0.15) is 0 Å². The molecule has 2 fully saturated rings. The van der Waals surface area contributed by atoms with Crippen LogP contribution in [0, 0.1) is 0 Å². The SMILES string of the molecule is CN1C(=S)N(c2ccccc2)C(=O)/C1=C\c1cn(CC(=O)N2CCCC2)c2ccccc12. The van der Waals surface area contributed by atoms with Crippen LogP contribution in [0.3, 0.4) is 0 Å². The number of para-hydroxylation sites is 2. The highest BCUT2D eigenvalue weighted by Crippen LogP contribution is 2.30. The quantitative estimate of drug-likeness (QED) is 0.453. The molecule has 7 heteroatoms. The van der Waals surface area contributed by atoms with Crippen LogP contribution in [0.4, 0.5) is 5.69 Å². The van der Waals surface area contributed by atoms with E-state index in [1.807, 2.05) is 83.4 Å². The minimum Gasteiger partial charge on any atom is -0.341 e. The van der Waals surface area contributed by atoms with Gasteiger partial charge in [0.05, 0.1) is 5.69 Å². The van der Waals surface area contributed by atoms with Crippen LogP contribution in [-0.4, -0.2) is 51.4 Å². The summed E-state index contributed by atoms with van der Waals surface area (Å²) in [7, 11) is 1.81. The number of carbonyl (C=O) groups excluding carboxylic acids is 2. The number of carbonyl (C=O) groups is 2. The van der Waals surface area contributed by atoms with Crippen molar-refractivity contribution in [2.45, 2.75) is 19.4 Å². The maximum Gasteiger partial charge on any atom is 0.281 e. The largest absolute Gasteiger partial charge is 0.341 e. The molecule has 2 saturated heterocycles. The summed E-state index contributed by atoms with van der Waals surface area (Å²) >= 11 is 5.57. The third kappa shape index (κ3) is 3.48. The van der Waals surface area contributed by atoms with Crippen LogP contribution in [-0.2, 0) is 16.1 Å². The summed E-state index contributed by atoms with van der Waals surface area (Å²) < 4.78 is 1.98. The molecule has 6 nitrogen and oxygen atoms in total. The smallest absolute Gasteiger partial charge is 0.281 e. The molecule has 1 aromatic heterocycles. The molecular weight excluding hydrogens is 420 g/mol. The second-order valence-corrected chi connectivity index (χ2v) is 8.53. The minimum absolute atomic E-state index is 0.132. The fourth-order valence-corrected chi connectivity index (χ4v) is 4.73. The number of thiocarbonyl (C=S) groups is 1. The molecule has 0 atom stereocenters. The Balaban J connectivity index is 1.51. The zero-order valence-electron chi connectivity index (χ0n) is 17.9. The van der Waals surface area contributed by atoms with Crippen molar-refractivity contribution in [2.75, 3.05) is 25.0 Å². The van der Waals surface area contributed by atoms with Gasteiger partial charge in [0.25, 0.3) is 5.91 Å². The van der Waals surface area contributed by atoms with E-state index in [4.69, 9.17) is 12.2 Å². The van der Waals surface area contributed by atoms with E-state index in [9.17, 15) is 9.59 Å². The normalized spacial score (nSPS) is 17.9. The average Bonchev–Trinajstić information content (AvgIpc) is 3.51. The summed E-state index contributed by atoms with van der Waals surface area (Å²) in [5, 5.41) is 1.44. The molecule has 0 N–H and O–H groups in total. The molecule has 2 amide bonds.